The van der Waals surface area contributed by atoms with E-state index in [1.165, 1.54) is 37.6 Å². The SMILES string of the molecule is COc1ccc(Cl)cc1NC(=O)C(=O)c1c[nH]c2cc(F)ccc12. The fraction of sp³-hybridized carbons (Fsp3) is 0.0588. The van der Waals surface area contributed by atoms with Crippen molar-refractivity contribution < 1.29 is 18.7 Å². The number of rotatable bonds is 4. The number of amides is 1. The van der Waals surface area contributed by atoms with E-state index in [4.69, 9.17) is 16.3 Å². The highest BCUT2D eigenvalue weighted by molar-refractivity contribution is 6.48. The van der Waals surface area contributed by atoms with Gasteiger partial charge in [-0.1, -0.05) is 11.6 Å². The lowest BCUT2D eigenvalue weighted by Gasteiger charge is -2.09. The molecule has 0 spiro atoms. The summed E-state index contributed by atoms with van der Waals surface area (Å²) in [5.74, 6) is -1.66. The van der Waals surface area contributed by atoms with Crippen molar-refractivity contribution in [2.45, 2.75) is 0 Å². The summed E-state index contributed by atoms with van der Waals surface area (Å²) in [6, 6.07) is 8.59. The second kappa shape index (κ2) is 6.33. The summed E-state index contributed by atoms with van der Waals surface area (Å²) in [4.78, 5) is 27.4. The number of ketones is 1. The molecule has 0 atom stereocenters. The van der Waals surface area contributed by atoms with Crippen molar-refractivity contribution in [1.29, 1.82) is 0 Å². The number of H-pyrrole nitrogens is 1. The second-order valence-electron chi connectivity index (χ2n) is 5.02. The topological polar surface area (TPSA) is 71.2 Å². The number of carbonyl (C=O) groups is 2. The number of fused-ring (bicyclic) bond motifs is 1. The molecule has 0 saturated heterocycles. The Labute approximate surface area is 141 Å². The first-order valence-electron chi connectivity index (χ1n) is 6.95. The number of aromatic nitrogens is 1. The molecule has 122 valence electrons. The van der Waals surface area contributed by atoms with E-state index in [9.17, 15) is 14.0 Å². The number of ether oxygens (including phenoxy) is 1. The Kier molecular flexibility index (Phi) is 4.22. The van der Waals surface area contributed by atoms with Crippen molar-refractivity contribution in [3.05, 3.63) is 59.0 Å². The first-order valence-corrected chi connectivity index (χ1v) is 7.33. The maximum Gasteiger partial charge on any atom is 0.296 e. The van der Waals surface area contributed by atoms with Gasteiger partial charge >= 0.3 is 0 Å². The lowest BCUT2D eigenvalue weighted by atomic mass is 10.1. The minimum absolute atomic E-state index is 0.156. The fourth-order valence-corrected chi connectivity index (χ4v) is 2.54. The molecule has 0 radical (unpaired) electrons. The Hall–Kier alpha value is -2.86. The molecule has 1 amide bonds. The maximum absolute atomic E-state index is 13.2. The molecule has 0 unspecified atom stereocenters. The van der Waals surface area contributed by atoms with E-state index in [-0.39, 0.29) is 11.3 Å². The number of carbonyl (C=O) groups excluding carboxylic acids is 2. The van der Waals surface area contributed by atoms with Crippen LogP contribution in [-0.2, 0) is 4.79 Å². The fourth-order valence-electron chi connectivity index (χ4n) is 2.37. The number of benzene rings is 2. The molecule has 0 aliphatic rings. The van der Waals surface area contributed by atoms with Crippen molar-refractivity contribution in [3.8, 4) is 5.75 Å². The number of anilines is 1. The lowest BCUT2D eigenvalue weighted by molar-refractivity contribution is -0.112. The van der Waals surface area contributed by atoms with Crippen LogP contribution in [0.15, 0.2) is 42.6 Å². The Morgan fingerprint density at radius 2 is 2.00 bits per heavy atom. The van der Waals surface area contributed by atoms with Gasteiger partial charge in [0.1, 0.15) is 11.6 Å². The summed E-state index contributed by atoms with van der Waals surface area (Å²) in [6.45, 7) is 0. The molecular weight excluding hydrogens is 335 g/mol. The minimum Gasteiger partial charge on any atom is -0.495 e. The van der Waals surface area contributed by atoms with E-state index in [1.807, 2.05) is 0 Å². The van der Waals surface area contributed by atoms with Crippen LogP contribution in [0.1, 0.15) is 10.4 Å². The predicted molar refractivity (Wildman–Crippen MR) is 89.2 cm³/mol. The molecule has 1 aromatic heterocycles. The first kappa shape index (κ1) is 16.0. The molecule has 5 nitrogen and oxygen atoms in total. The van der Waals surface area contributed by atoms with Crippen LogP contribution in [0.4, 0.5) is 10.1 Å². The summed E-state index contributed by atoms with van der Waals surface area (Å²) in [5, 5.41) is 3.34. The first-order chi connectivity index (χ1) is 11.5. The van der Waals surface area contributed by atoms with E-state index in [0.29, 0.717) is 21.7 Å². The van der Waals surface area contributed by atoms with Gasteiger partial charge in [-0.2, -0.15) is 0 Å². The van der Waals surface area contributed by atoms with E-state index in [1.54, 1.807) is 12.1 Å². The smallest absolute Gasteiger partial charge is 0.296 e. The van der Waals surface area contributed by atoms with Crippen molar-refractivity contribution >= 4 is 39.9 Å². The minimum atomic E-state index is -0.846. The quantitative estimate of drug-likeness (QED) is 0.557. The third-order valence-corrected chi connectivity index (χ3v) is 3.74. The van der Waals surface area contributed by atoms with Crippen molar-refractivity contribution in [2.24, 2.45) is 0 Å². The Morgan fingerprint density at radius 3 is 2.75 bits per heavy atom. The van der Waals surface area contributed by atoms with Crippen LogP contribution in [0.2, 0.25) is 5.02 Å². The second-order valence-corrected chi connectivity index (χ2v) is 5.46. The zero-order valence-corrected chi connectivity index (χ0v) is 13.3. The molecule has 2 N–H and O–H groups in total. The molecule has 3 aromatic rings. The Bertz CT molecular complexity index is 952. The number of hydrogen-bond donors (Lipinski definition) is 2. The van der Waals surface area contributed by atoms with E-state index in [2.05, 4.69) is 10.3 Å². The number of halogens is 2. The highest BCUT2D eigenvalue weighted by Crippen LogP contribution is 2.28. The normalized spacial score (nSPS) is 10.6. The largest absolute Gasteiger partial charge is 0.495 e. The van der Waals surface area contributed by atoms with Gasteiger partial charge in [-0.3, -0.25) is 9.59 Å². The van der Waals surface area contributed by atoms with Gasteiger partial charge in [0.25, 0.3) is 11.7 Å². The van der Waals surface area contributed by atoms with Crippen molar-refractivity contribution in [1.82, 2.24) is 4.98 Å². The third-order valence-electron chi connectivity index (χ3n) is 3.50. The van der Waals surface area contributed by atoms with E-state index < -0.39 is 17.5 Å². The average Bonchev–Trinajstić information content (AvgIpc) is 2.97. The van der Waals surface area contributed by atoms with Gasteiger partial charge < -0.3 is 15.0 Å². The standard InChI is InChI=1S/C17H12ClFN2O3/c1-24-15-5-2-9(18)6-14(15)21-17(23)16(22)12-8-20-13-7-10(19)3-4-11(12)13/h2-8,20H,1H3,(H,21,23). The van der Waals surface area contributed by atoms with Gasteiger partial charge in [0.15, 0.2) is 0 Å². The summed E-state index contributed by atoms with van der Waals surface area (Å²) in [6.07, 6.45) is 1.38. The summed E-state index contributed by atoms with van der Waals surface area (Å²) >= 11 is 5.90. The molecule has 0 aliphatic carbocycles. The average molecular weight is 347 g/mol. The molecule has 1 heterocycles. The van der Waals surface area contributed by atoms with Crippen LogP contribution >= 0.6 is 11.6 Å². The molecule has 7 heteroatoms. The molecular formula is C17H12ClFN2O3. The monoisotopic (exact) mass is 346 g/mol. The third kappa shape index (κ3) is 2.96. The lowest BCUT2D eigenvalue weighted by Crippen LogP contribution is -2.23. The van der Waals surface area contributed by atoms with Gasteiger partial charge in [0.05, 0.1) is 18.4 Å². The molecule has 0 aliphatic heterocycles. The van der Waals surface area contributed by atoms with Crippen LogP contribution in [0.3, 0.4) is 0 Å². The van der Waals surface area contributed by atoms with E-state index in [0.717, 1.165) is 0 Å². The van der Waals surface area contributed by atoms with Crippen LogP contribution in [0.5, 0.6) is 5.75 Å². The van der Waals surface area contributed by atoms with Gasteiger partial charge in [0.2, 0.25) is 0 Å². The van der Waals surface area contributed by atoms with Crippen LogP contribution in [0.25, 0.3) is 10.9 Å². The molecule has 24 heavy (non-hydrogen) atoms. The number of hydrogen-bond acceptors (Lipinski definition) is 3. The predicted octanol–water partition coefficient (Wildman–Crippen LogP) is 3.79. The summed E-state index contributed by atoms with van der Waals surface area (Å²) in [5.41, 5.74) is 0.879. The van der Waals surface area contributed by atoms with E-state index >= 15 is 0 Å². The number of aromatic amines is 1. The molecule has 2 aromatic carbocycles. The molecule has 0 bridgehead atoms. The number of methoxy groups -OCH3 is 1. The van der Waals surface area contributed by atoms with Gasteiger partial charge in [0, 0.05) is 22.1 Å². The zero-order valence-electron chi connectivity index (χ0n) is 12.5. The number of Topliss-reactive ketones (excluding diaryl/α,β-unsaturated/α-hetero) is 1. The summed E-state index contributed by atoms with van der Waals surface area (Å²) < 4.78 is 18.3. The van der Waals surface area contributed by atoms with Crippen LogP contribution < -0.4 is 10.1 Å². The number of nitrogens with one attached hydrogen (secondary N) is 2. The molecule has 3 rings (SSSR count). The zero-order chi connectivity index (χ0) is 17.3. The van der Waals surface area contributed by atoms with Gasteiger partial charge in [-0.25, -0.2) is 4.39 Å². The highest BCUT2D eigenvalue weighted by atomic mass is 35.5. The van der Waals surface area contributed by atoms with Crippen molar-refractivity contribution in [2.75, 3.05) is 12.4 Å². The van der Waals surface area contributed by atoms with Crippen molar-refractivity contribution in [3.63, 3.8) is 0 Å². The highest BCUT2D eigenvalue weighted by Gasteiger charge is 2.21. The van der Waals surface area contributed by atoms with Crippen LogP contribution in [0, 0.1) is 5.82 Å². The van der Waals surface area contributed by atoms with Gasteiger partial charge in [-0.05, 0) is 36.4 Å². The van der Waals surface area contributed by atoms with Crippen LogP contribution in [-0.4, -0.2) is 23.8 Å². The summed E-state index contributed by atoms with van der Waals surface area (Å²) in [7, 11) is 1.44. The molecule has 0 saturated carbocycles. The maximum atomic E-state index is 13.2. The molecule has 0 fully saturated rings. The Balaban J connectivity index is 1.89. The van der Waals surface area contributed by atoms with Gasteiger partial charge in [-0.15, -0.1) is 0 Å². The Morgan fingerprint density at radius 1 is 1.21 bits per heavy atom.